The van der Waals surface area contributed by atoms with Crippen LogP contribution in [0.25, 0.3) is 0 Å². The van der Waals surface area contributed by atoms with Gasteiger partial charge in [0.05, 0.1) is 0 Å². The second-order valence-corrected chi connectivity index (χ2v) is 6.52. The fourth-order valence-electron chi connectivity index (χ4n) is 2.25. The lowest BCUT2D eigenvalue weighted by molar-refractivity contribution is 0.541. The van der Waals surface area contributed by atoms with Crippen LogP contribution in [0.1, 0.15) is 29.8 Å². The van der Waals surface area contributed by atoms with Gasteiger partial charge in [0.2, 0.25) is 0 Å². The predicted molar refractivity (Wildman–Crippen MR) is 90.9 cm³/mol. The van der Waals surface area contributed by atoms with Crippen molar-refractivity contribution in [3.63, 3.8) is 0 Å². The summed E-state index contributed by atoms with van der Waals surface area (Å²) in [5, 5.41) is 3.55. The second kappa shape index (κ2) is 7.34. The van der Waals surface area contributed by atoms with E-state index in [9.17, 15) is 0 Å². The smallest absolute Gasteiger partial charge is 0.0451 e. The SMILES string of the molecule is CCNC(Cc1ncccc1C)c1ccc(Br)cc1Br. The van der Waals surface area contributed by atoms with Crippen molar-refractivity contribution in [2.45, 2.75) is 26.3 Å². The summed E-state index contributed by atoms with van der Waals surface area (Å²) >= 11 is 7.16. The highest BCUT2D eigenvalue weighted by Crippen LogP contribution is 2.29. The van der Waals surface area contributed by atoms with E-state index >= 15 is 0 Å². The van der Waals surface area contributed by atoms with Crippen LogP contribution in [0.3, 0.4) is 0 Å². The molecule has 0 aliphatic rings. The third kappa shape index (κ3) is 3.90. The van der Waals surface area contributed by atoms with Crippen LogP contribution in [0, 0.1) is 6.92 Å². The van der Waals surface area contributed by atoms with E-state index in [0.717, 1.165) is 27.6 Å². The Morgan fingerprint density at radius 1 is 1.25 bits per heavy atom. The lowest BCUT2D eigenvalue weighted by Gasteiger charge is -2.20. The molecule has 1 atom stereocenters. The molecule has 2 nitrogen and oxygen atoms in total. The predicted octanol–water partition coefficient (Wildman–Crippen LogP) is 4.81. The lowest BCUT2D eigenvalue weighted by atomic mass is 9.99. The molecule has 2 rings (SSSR count). The Hall–Kier alpha value is -0.710. The third-order valence-corrected chi connectivity index (χ3v) is 4.48. The Bertz CT molecular complexity index is 584. The molecule has 1 aromatic heterocycles. The van der Waals surface area contributed by atoms with Gasteiger partial charge in [0.15, 0.2) is 0 Å². The average Bonchev–Trinajstić information content (AvgIpc) is 2.41. The average molecular weight is 398 g/mol. The highest BCUT2D eigenvalue weighted by Gasteiger charge is 2.16. The van der Waals surface area contributed by atoms with Gasteiger partial charge >= 0.3 is 0 Å². The number of hydrogen-bond acceptors (Lipinski definition) is 2. The van der Waals surface area contributed by atoms with E-state index in [1.807, 2.05) is 12.3 Å². The second-order valence-electron chi connectivity index (χ2n) is 4.75. The van der Waals surface area contributed by atoms with Crippen LogP contribution in [0.4, 0.5) is 0 Å². The number of nitrogens with zero attached hydrogens (tertiary/aromatic N) is 1. The minimum Gasteiger partial charge on any atom is -0.310 e. The number of aryl methyl sites for hydroxylation is 1. The molecular weight excluding hydrogens is 380 g/mol. The maximum atomic E-state index is 4.51. The van der Waals surface area contributed by atoms with Crippen molar-refractivity contribution >= 4 is 31.9 Å². The van der Waals surface area contributed by atoms with E-state index in [1.165, 1.54) is 11.1 Å². The van der Waals surface area contributed by atoms with Gasteiger partial charge in [-0.2, -0.15) is 0 Å². The summed E-state index contributed by atoms with van der Waals surface area (Å²) in [5.41, 5.74) is 3.65. The number of rotatable bonds is 5. The van der Waals surface area contributed by atoms with Crippen molar-refractivity contribution in [1.29, 1.82) is 0 Å². The first-order valence-corrected chi connectivity index (χ1v) is 8.29. The van der Waals surface area contributed by atoms with Crippen LogP contribution >= 0.6 is 31.9 Å². The van der Waals surface area contributed by atoms with Crippen molar-refractivity contribution in [2.75, 3.05) is 6.54 Å². The molecule has 0 spiro atoms. The molecule has 0 bridgehead atoms. The highest BCUT2D eigenvalue weighted by atomic mass is 79.9. The molecule has 0 saturated carbocycles. The lowest BCUT2D eigenvalue weighted by Crippen LogP contribution is -2.24. The molecule has 0 fully saturated rings. The zero-order chi connectivity index (χ0) is 14.5. The van der Waals surface area contributed by atoms with Gasteiger partial charge < -0.3 is 5.32 Å². The minimum atomic E-state index is 0.260. The standard InChI is InChI=1S/C16H18Br2N2/c1-3-19-16(10-15-11(2)5-4-8-20-15)13-7-6-12(17)9-14(13)18/h4-9,16,19H,3,10H2,1-2H3. The van der Waals surface area contributed by atoms with Crippen LogP contribution in [0.2, 0.25) is 0 Å². The molecule has 106 valence electrons. The quantitative estimate of drug-likeness (QED) is 0.782. The first-order chi connectivity index (χ1) is 9.61. The van der Waals surface area contributed by atoms with Gasteiger partial charge in [0.25, 0.3) is 0 Å². The molecule has 0 aliphatic heterocycles. The summed E-state index contributed by atoms with van der Waals surface area (Å²) in [4.78, 5) is 4.51. The molecule has 4 heteroatoms. The number of aromatic nitrogens is 1. The Balaban J connectivity index is 2.29. The Kier molecular flexibility index (Phi) is 5.75. The normalized spacial score (nSPS) is 12.4. The number of pyridine rings is 1. The summed E-state index contributed by atoms with van der Waals surface area (Å²) in [5.74, 6) is 0. The summed E-state index contributed by atoms with van der Waals surface area (Å²) < 4.78 is 2.20. The molecule has 1 unspecified atom stereocenters. The van der Waals surface area contributed by atoms with Gasteiger partial charge in [-0.1, -0.05) is 50.9 Å². The number of likely N-dealkylation sites (N-methyl/N-ethyl adjacent to an activating group) is 1. The molecule has 2 aromatic rings. The van der Waals surface area contributed by atoms with Crippen molar-refractivity contribution < 1.29 is 0 Å². The van der Waals surface area contributed by atoms with Gasteiger partial charge in [0.1, 0.15) is 0 Å². The number of halogens is 2. The topological polar surface area (TPSA) is 24.9 Å². The van der Waals surface area contributed by atoms with E-state index in [0.29, 0.717) is 0 Å². The van der Waals surface area contributed by atoms with Gasteiger partial charge in [-0.15, -0.1) is 0 Å². The maximum absolute atomic E-state index is 4.51. The van der Waals surface area contributed by atoms with Crippen LogP contribution in [0.15, 0.2) is 45.5 Å². The summed E-state index contributed by atoms with van der Waals surface area (Å²) in [6, 6.07) is 10.7. The zero-order valence-electron chi connectivity index (χ0n) is 11.7. The minimum absolute atomic E-state index is 0.260. The molecule has 0 amide bonds. The Morgan fingerprint density at radius 2 is 2.05 bits per heavy atom. The van der Waals surface area contributed by atoms with E-state index in [1.54, 1.807) is 0 Å². The fourth-order valence-corrected chi connectivity index (χ4v) is 3.57. The molecule has 1 heterocycles. The van der Waals surface area contributed by atoms with Crippen molar-refractivity contribution in [1.82, 2.24) is 10.3 Å². The van der Waals surface area contributed by atoms with E-state index in [2.05, 4.69) is 80.3 Å². The molecule has 20 heavy (non-hydrogen) atoms. The van der Waals surface area contributed by atoms with Crippen LogP contribution in [-0.2, 0) is 6.42 Å². The number of hydrogen-bond donors (Lipinski definition) is 1. The first kappa shape index (κ1) is 15.7. The first-order valence-electron chi connectivity index (χ1n) is 6.70. The van der Waals surface area contributed by atoms with Crippen LogP contribution in [0.5, 0.6) is 0 Å². The largest absolute Gasteiger partial charge is 0.310 e. The summed E-state index contributed by atoms with van der Waals surface area (Å²) in [7, 11) is 0. The molecule has 0 saturated heterocycles. The van der Waals surface area contributed by atoms with Crippen LogP contribution in [-0.4, -0.2) is 11.5 Å². The van der Waals surface area contributed by atoms with E-state index in [4.69, 9.17) is 0 Å². The highest BCUT2D eigenvalue weighted by molar-refractivity contribution is 9.11. The van der Waals surface area contributed by atoms with Gasteiger partial charge in [-0.3, -0.25) is 4.98 Å². The Morgan fingerprint density at radius 3 is 2.70 bits per heavy atom. The van der Waals surface area contributed by atoms with Gasteiger partial charge in [-0.05, 0) is 42.8 Å². The summed E-state index contributed by atoms with van der Waals surface area (Å²) in [6.07, 6.45) is 2.75. The number of nitrogens with one attached hydrogen (secondary N) is 1. The van der Waals surface area contributed by atoms with Crippen molar-refractivity contribution in [2.24, 2.45) is 0 Å². The van der Waals surface area contributed by atoms with Crippen LogP contribution < -0.4 is 5.32 Å². The fraction of sp³-hybridized carbons (Fsp3) is 0.312. The molecule has 0 radical (unpaired) electrons. The van der Waals surface area contributed by atoms with E-state index in [-0.39, 0.29) is 6.04 Å². The molecular formula is C16H18Br2N2. The molecule has 1 N–H and O–H groups in total. The molecule has 1 aromatic carbocycles. The van der Waals surface area contributed by atoms with Crippen molar-refractivity contribution in [3.05, 3.63) is 62.3 Å². The van der Waals surface area contributed by atoms with Gasteiger partial charge in [-0.25, -0.2) is 0 Å². The van der Waals surface area contributed by atoms with Crippen molar-refractivity contribution in [3.8, 4) is 0 Å². The van der Waals surface area contributed by atoms with Gasteiger partial charge in [0, 0.05) is 33.3 Å². The summed E-state index contributed by atoms with van der Waals surface area (Å²) in [6.45, 7) is 5.17. The van der Waals surface area contributed by atoms with E-state index < -0.39 is 0 Å². The zero-order valence-corrected chi connectivity index (χ0v) is 14.8. The maximum Gasteiger partial charge on any atom is 0.0451 e. The number of benzene rings is 1. The molecule has 0 aliphatic carbocycles. The monoisotopic (exact) mass is 396 g/mol. The third-order valence-electron chi connectivity index (χ3n) is 3.30. The Labute approximate surface area is 137 Å².